The van der Waals surface area contributed by atoms with E-state index in [1.165, 1.54) is 17.0 Å². The largest absolute Gasteiger partial charge is 0.399 e. The maximum absolute atomic E-state index is 12.9. The molecule has 2 rings (SSSR count). The second kappa shape index (κ2) is 5.92. The summed E-state index contributed by atoms with van der Waals surface area (Å²) in [5, 5.41) is 0.406. The number of anilines is 2. The molecule has 0 aromatic heterocycles. The molecule has 0 radical (unpaired) electrons. The van der Waals surface area contributed by atoms with E-state index in [9.17, 15) is 9.18 Å². The van der Waals surface area contributed by atoms with Crippen LogP contribution in [0.2, 0.25) is 5.02 Å². The molecule has 104 valence electrons. The first kappa shape index (κ1) is 14.3. The summed E-state index contributed by atoms with van der Waals surface area (Å²) in [6.07, 6.45) is 0. The van der Waals surface area contributed by atoms with E-state index in [1.54, 1.807) is 30.3 Å². The highest BCUT2D eigenvalue weighted by atomic mass is 35.5. The van der Waals surface area contributed by atoms with Crippen LogP contribution in [0.3, 0.4) is 0 Å². The predicted molar refractivity (Wildman–Crippen MR) is 79.6 cm³/mol. The molecule has 5 heteroatoms. The van der Waals surface area contributed by atoms with Crippen LogP contribution < -0.4 is 10.6 Å². The lowest BCUT2D eigenvalue weighted by Gasteiger charge is -2.21. The lowest BCUT2D eigenvalue weighted by atomic mass is 10.1. The Morgan fingerprint density at radius 2 is 1.90 bits per heavy atom. The number of hydrogen-bond acceptors (Lipinski definition) is 2. The molecule has 0 fully saturated rings. The molecule has 0 bridgehead atoms. The molecule has 0 atom stereocenters. The highest BCUT2D eigenvalue weighted by Gasteiger charge is 2.17. The normalized spacial score (nSPS) is 10.3. The van der Waals surface area contributed by atoms with E-state index in [-0.39, 0.29) is 11.7 Å². The molecule has 1 amide bonds. The van der Waals surface area contributed by atoms with Gasteiger partial charge in [-0.3, -0.25) is 4.79 Å². The highest BCUT2D eigenvalue weighted by molar-refractivity contribution is 6.31. The number of benzene rings is 2. The van der Waals surface area contributed by atoms with Gasteiger partial charge in [-0.1, -0.05) is 11.6 Å². The predicted octanol–water partition coefficient (Wildman–Crippen LogP) is 3.73. The second-order valence-electron chi connectivity index (χ2n) is 4.30. The van der Waals surface area contributed by atoms with Crippen molar-refractivity contribution in [2.75, 3.05) is 17.2 Å². The van der Waals surface area contributed by atoms with E-state index in [1.807, 2.05) is 6.92 Å². The SMILES string of the molecule is CCN(C(=O)c1cc(N)cc(Cl)c1)c1ccc(F)cc1. The van der Waals surface area contributed by atoms with E-state index >= 15 is 0 Å². The van der Waals surface area contributed by atoms with E-state index in [0.717, 1.165) is 0 Å². The third kappa shape index (κ3) is 3.08. The van der Waals surface area contributed by atoms with E-state index in [0.29, 0.717) is 28.5 Å². The molecule has 0 saturated heterocycles. The smallest absolute Gasteiger partial charge is 0.258 e. The number of halogens is 2. The van der Waals surface area contributed by atoms with Gasteiger partial charge in [-0.05, 0) is 49.4 Å². The standard InChI is InChI=1S/C15H14ClFN2O/c1-2-19(14-5-3-12(17)4-6-14)15(20)10-7-11(16)9-13(18)8-10/h3-9H,2,18H2,1H3. The average Bonchev–Trinajstić information content (AvgIpc) is 2.40. The summed E-state index contributed by atoms with van der Waals surface area (Å²) in [5.74, 6) is -0.572. The summed E-state index contributed by atoms with van der Waals surface area (Å²) in [7, 11) is 0. The molecule has 3 nitrogen and oxygen atoms in total. The number of amides is 1. The number of nitrogen functional groups attached to an aromatic ring is 1. The minimum Gasteiger partial charge on any atom is -0.399 e. The van der Waals surface area contributed by atoms with Crippen LogP contribution in [-0.4, -0.2) is 12.5 Å². The molecule has 2 N–H and O–H groups in total. The number of carbonyl (C=O) groups is 1. The van der Waals surface area contributed by atoms with Gasteiger partial charge in [0.25, 0.3) is 5.91 Å². The number of hydrogen-bond donors (Lipinski definition) is 1. The summed E-state index contributed by atoms with van der Waals surface area (Å²) >= 11 is 5.91. The van der Waals surface area contributed by atoms with Gasteiger partial charge in [-0.25, -0.2) is 4.39 Å². The summed E-state index contributed by atoms with van der Waals surface area (Å²) in [4.78, 5) is 14.0. The van der Waals surface area contributed by atoms with Gasteiger partial charge in [0.15, 0.2) is 0 Å². The van der Waals surface area contributed by atoms with Gasteiger partial charge >= 0.3 is 0 Å². The van der Waals surface area contributed by atoms with Gasteiger partial charge in [0.1, 0.15) is 5.82 Å². The summed E-state index contributed by atoms with van der Waals surface area (Å²) in [6, 6.07) is 10.5. The maximum Gasteiger partial charge on any atom is 0.258 e. The molecule has 2 aromatic rings. The fraction of sp³-hybridized carbons (Fsp3) is 0.133. The molecule has 0 unspecified atom stereocenters. The van der Waals surface area contributed by atoms with Crippen molar-refractivity contribution in [1.29, 1.82) is 0 Å². The second-order valence-corrected chi connectivity index (χ2v) is 4.74. The molecule has 0 heterocycles. The van der Waals surface area contributed by atoms with Crippen molar-refractivity contribution in [3.63, 3.8) is 0 Å². The fourth-order valence-corrected chi connectivity index (χ4v) is 2.20. The van der Waals surface area contributed by atoms with Gasteiger partial charge < -0.3 is 10.6 Å². The van der Waals surface area contributed by atoms with Crippen LogP contribution in [0.15, 0.2) is 42.5 Å². The minimum absolute atomic E-state index is 0.228. The third-order valence-electron chi connectivity index (χ3n) is 2.87. The van der Waals surface area contributed by atoms with Gasteiger partial charge in [0.2, 0.25) is 0 Å². The summed E-state index contributed by atoms with van der Waals surface area (Å²) in [6.45, 7) is 2.30. The van der Waals surface area contributed by atoms with E-state index < -0.39 is 0 Å². The number of nitrogens with zero attached hydrogens (tertiary/aromatic N) is 1. The Bertz CT molecular complexity index is 608. The van der Waals surface area contributed by atoms with Crippen molar-refractivity contribution >= 4 is 28.9 Å². The van der Waals surface area contributed by atoms with Crippen LogP contribution in [0.4, 0.5) is 15.8 Å². The molecule has 0 aliphatic heterocycles. The van der Waals surface area contributed by atoms with Crippen LogP contribution in [0, 0.1) is 5.82 Å². The van der Waals surface area contributed by atoms with Gasteiger partial charge in [0, 0.05) is 28.5 Å². The molecule has 0 aliphatic rings. The van der Waals surface area contributed by atoms with E-state index in [4.69, 9.17) is 17.3 Å². The zero-order valence-electron chi connectivity index (χ0n) is 10.9. The monoisotopic (exact) mass is 292 g/mol. The number of carbonyl (C=O) groups excluding carboxylic acids is 1. The van der Waals surface area contributed by atoms with Crippen molar-refractivity contribution in [3.05, 3.63) is 58.9 Å². The van der Waals surface area contributed by atoms with Crippen LogP contribution in [-0.2, 0) is 0 Å². The first-order valence-electron chi connectivity index (χ1n) is 6.14. The molecule has 0 spiro atoms. The van der Waals surface area contributed by atoms with Gasteiger partial charge in [0.05, 0.1) is 0 Å². The zero-order chi connectivity index (χ0) is 14.7. The van der Waals surface area contributed by atoms with Crippen molar-refractivity contribution < 1.29 is 9.18 Å². The van der Waals surface area contributed by atoms with Crippen LogP contribution in [0.5, 0.6) is 0 Å². The van der Waals surface area contributed by atoms with Gasteiger partial charge in [-0.15, -0.1) is 0 Å². The molecule has 0 aliphatic carbocycles. The molecular weight excluding hydrogens is 279 g/mol. The highest BCUT2D eigenvalue weighted by Crippen LogP contribution is 2.21. The third-order valence-corrected chi connectivity index (χ3v) is 3.08. The Morgan fingerprint density at radius 1 is 1.25 bits per heavy atom. The quantitative estimate of drug-likeness (QED) is 0.876. The lowest BCUT2D eigenvalue weighted by Crippen LogP contribution is -2.30. The molecule has 2 aromatic carbocycles. The van der Waals surface area contributed by atoms with E-state index in [2.05, 4.69) is 0 Å². The van der Waals surface area contributed by atoms with Crippen LogP contribution >= 0.6 is 11.6 Å². The minimum atomic E-state index is -0.343. The van der Waals surface area contributed by atoms with Crippen molar-refractivity contribution in [2.24, 2.45) is 0 Å². The lowest BCUT2D eigenvalue weighted by molar-refractivity contribution is 0.0988. The first-order chi connectivity index (χ1) is 9.51. The van der Waals surface area contributed by atoms with Crippen molar-refractivity contribution in [1.82, 2.24) is 0 Å². The average molecular weight is 293 g/mol. The fourth-order valence-electron chi connectivity index (χ4n) is 1.96. The Balaban J connectivity index is 2.36. The summed E-state index contributed by atoms with van der Waals surface area (Å²) < 4.78 is 12.9. The van der Waals surface area contributed by atoms with Crippen LogP contribution in [0.25, 0.3) is 0 Å². The van der Waals surface area contributed by atoms with Crippen molar-refractivity contribution in [3.8, 4) is 0 Å². The Kier molecular flexibility index (Phi) is 4.25. The number of rotatable bonds is 3. The number of nitrogens with two attached hydrogens (primary N) is 1. The topological polar surface area (TPSA) is 46.3 Å². The van der Waals surface area contributed by atoms with Gasteiger partial charge in [-0.2, -0.15) is 0 Å². The molecule has 20 heavy (non-hydrogen) atoms. The molecule has 0 saturated carbocycles. The molecular formula is C15H14ClFN2O. The maximum atomic E-state index is 12.9. The Morgan fingerprint density at radius 3 is 2.45 bits per heavy atom. The zero-order valence-corrected chi connectivity index (χ0v) is 11.7. The van der Waals surface area contributed by atoms with Crippen molar-refractivity contribution in [2.45, 2.75) is 6.92 Å². The Labute approximate surface area is 121 Å². The Hall–Kier alpha value is -2.07. The summed E-state index contributed by atoms with van der Waals surface area (Å²) in [5.41, 5.74) is 7.15. The first-order valence-corrected chi connectivity index (χ1v) is 6.52. The van der Waals surface area contributed by atoms with Crippen LogP contribution in [0.1, 0.15) is 17.3 Å².